The molecular formula is C13H22N2O4S. The highest BCUT2D eigenvalue weighted by atomic mass is 32.2. The highest BCUT2D eigenvalue weighted by Gasteiger charge is 2.43. The lowest BCUT2D eigenvalue weighted by Crippen LogP contribution is -2.55. The average molecular weight is 302 g/mol. The van der Waals surface area contributed by atoms with E-state index in [1.54, 1.807) is 0 Å². The van der Waals surface area contributed by atoms with Crippen LogP contribution in [0.15, 0.2) is 0 Å². The first-order chi connectivity index (χ1) is 9.29. The molecule has 1 rings (SSSR count). The third-order valence-corrected chi connectivity index (χ3v) is 4.73. The van der Waals surface area contributed by atoms with Crippen molar-refractivity contribution < 1.29 is 19.5 Å². The molecule has 0 saturated carbocycles. The summed E-state index contributed by atoms with van der Waals surface area (Å²) in [5.41, 5.74) is 0. The number of nitrogens with zero attached hydrogens (tertiary/aromatic N) is 1. The van der Waals surface area contributed by atoms with Crippen LogP contribution in [0.3, 0.4) is 0 Å². The molecule has 0 aliphatic carbocycles. The maximum atomic E-state index is 12.6. The normalized spacial score (nSPS) is 23.8. The number of nitrogens with one attached hydrogen (secondary N) is 1. The van der Waals surface area contributed by atoms with E-state index < -0.39 is 18.1 Å². The van der Waals surface area contributed by atoms with Crippen LogP contribution in [0.4, 0.5) is 0 Å². The highest BCUT2D eigenvalue weighted by Crippen LogP contribution is 2.32. The maximum Gasteiger partial charge on any atom is 0.327 e. The summed E-state index contributed by atoms with van der Waals surface area (Å²) in [7, 11) is 0. The number of rotatable bonds is 5. The third-order valence-electron chi connectivity index (χ3n) is 3.27. The molecule has 0 radical (unpaired) electrons. The van der Waals surface area contributed by atoms with E-state index in [4.69, 9.17) is 0 Å². The van der Waals surface area contributed by atoms with Gasteiger partial charge in [-0.2, -0.15) is 0 Å². The number of carboxylic acid groups (broad SMARTS) is 1. The zero-order valence-corrected chi connectivity index (χ0v) is 13.1. The summed E-state index contributed by atoms with van der Waals surface area (Å²) in [5, 5.41) is 11.7. The van der Waals surface area contributed by atoms with Crippen molar-refractivity contribution in [2.75, 3.05) is 5.75 Å². The molecule has 0 aromatic carbocycles. The molecule has 2 amide bonds. The fourth-order valence-corrected chi connectivity index (χ4v) is 3.61. The lowest BCUT2D eigenvalue weighted by atomic mass is 10.0. The molecule has 0 spiro atoms. The first-order valence-electron chi connectivity index (χ1n) is 6.73. The lowest BCUT2D eigenvalue weighted by molar-refractivity contribution is -0.151. The summed E-state index contributed by atoms with van der Waals surface area (Å²) in [6.45, 7) is 6.94. The van der Waals surface area contributed by atoms with E-state index in [0.29, 0.717) is 12.2 Å². The van der Waals surface area contributed by atoms with Crippen LogP contribution in [-0.2, 0) is 14.4 Å². The molecule has 7 heteroatoms. The molecule has 0 aromatic rings. The molecule has 114 valence electrons. The molecule has 3 unspecified atom stereocenters. The Balaban J connectivity index is 2.99. The minimum Gasteiger partial charge on any atom is -0.480 e. The van der Waals surface area contributed by atoms with Crippen LogP contribution >= 0.6 is 11.8 Å². The summed E-state index contributed by atoms with van der Waals surface area (Å²) < 4.78 is 0. The van der Waals surface area contributed by atoms with Crippen LogP contribution in [0.25, 0.3) is 0 Å². The van der Waals surface area contributed by atoms with Crippen molar-refractivity contribution in [2.24, 2.45) is 5.92 Å². The first kappa shape index (κ1) is 16.8. The minimum absolute atomic E-state index is 0.0936. The van der Waals surface area contributed by atoms with Gasteiger partial charge in [0.1, 0.15) is 12.1 Å². The second kappa shape index (κ2) is 6.97. The van der Waals surface area contributed by atoms with Gasteiger partial charge in [0.2, 0.25) is 11.8 Å². The van der Waals surface area contributed by atoms with Gasteiger partial charge >= 0.3 is 5.97 Å². The molecule has 20 heavy (non-hydrogen) atoms. The summed E-state index contributed by atoms with van der Waals surface area (Å²) >= 11 is 1.47. The van der Waals surface area contributed by atoms with Crippen LogP contribution < -0.4 is 5.32 Å². The van der Waals surface area contributed by atoms with Gasteiger partial charge in [-0.05, 0) is 12.3 Å². The molecule has 1 aliphatic heterocycles. The Bertz CT molecular complexity index is 400. The number of hydrogen-bond acceptors (Lipinski definition) is 4. The van der Waals surface area contributed by atoms with Gasteiger partial charge in [-0.15, -0.1) is 11.8 Å². The molecule has 1 fully saturated rings. The van der Waals surface area contributed by atoms with E-state index in [9.17, 15) is 19.5 Å². The van der Waals surface area contributed by atoms with E-state index in [2.05, 4.69) is 5.32 Å². The number of carboxylic acids is 1. The van der Waals surface area contributed by atoms with Gasteiger partial charge in [0.05, 0.1) is 5.37 Å². The Kier molecular flexibility index (Phi) is 5.86. The third kappa shape index (κ3) is 3.65. The Morgan fingerprint density at radius 1 is 1.40 bits per heavy atom. The topological polar surface area (TPSA) is 86.7 Å². The molecule has 1 saturated heterocycles. The molecule has 6 nitrogen and oxygen atoms in total. The van der Waals surface area contributed by atoms with Crippen molar-refractivity contribution in [2.45, 2.75) is 51.6 Å². The lowest BCUT2D eigenvalue weighted by Gasteiger charge is -2.32. The second-order valence-electron chi connectivity index (χ2n) is 5.22. The summed E-state index contributed by atoms with van der Waals surface area (Å²) in [6, 6.07) is -1.49. The molecule has 0 bridgehead atoms. The molecule has 2 N–H and O–H groups in total. The summed E-state index contributed by atoms with van der Waals surface area (Å²) in [6.07, 6.45) is 0.686. The van der Waals surface area contributed by atoms with Crippen LogP contribution in [-0.4, -0.2) is 51.0 Å². The predicted octanol–water partition coefficient (Wildman–Crippen LogP) is 0.912. The number of carbonyl (C=O) groups is 3. The zero-order chi connectivity index (χ0) is 15.4. The number of thioether (sulfide) groups is 1. The van der Waals surface area contributed by atoms with Gasteiger partial charge in [-0.1, -0.05) is 20.8 Å². The van der Waals surface area contributed by atoms with Crippen LogP contribution in [0.2, 0.25) is 0 Å². The minimum atomic E-state index is -0.993. The van der Waals surface area contributed by atoms with Crippen LogP contribution in [0, 0.1) is 5.92 Å². The van der Waals surface area contributed by atoms with E-state index in [-0.39, 0.29) is 23.1 Å². The van der Waals surface area contributed by atoms with Gasteiger partial charge in [-0.3, -0.25) is 9.59 Å². The monoisotopic (exact) mass is 302 g/mol. The van der Waals surface area contributed by atoms with Crippen molar-refractivity contribution in [3.63, 3.8) is 0 Å². The summed E-state index contributed by atoms with van der Waals surface area (Å²) in [5.74, 6) is -1.29. The van der Waals surface area contributed by atoms with Gasteiger partial charge in [0.25, 0.3) is 0 Å². The van der Waals surface area contributed by atoms with Crippen molar-refractivity contribution in [3.8, 4) is 0 Å². The van der Waals surface area contributed by atoms with Gasteiger partial charge in [-0.25, -0.2) is 4.79 Å². The van der Waals surface area contributed by atoms with Gasteiger partial charge in [0, 0.05) is 12.7 Å². The fourth-order valence-electron chi connectivity index (χ4n) is 2.26. The Hall–Kier alpha value is -1.24. The zero-order valence-electron chi connectivity index (χ0n) is 12.3. The summed E-state index contributed by atoms with van der Waals surface area (Å²) in [4.78, 5) is 36.6. The van der Waals surface area contributed by atoms with Crippen LogP contribution in [0.1, 0.15) is 34.1 Å². The van der Waals surface area contributed by atoms with E-state index in [1.807, 2.05) is 20.8 Å². The number of amides is 2. The first-order valence-corrected chi connectivity index (χ1v) is 7.78. The highest BCUT2D eigenvalue weighted by molar-refractivity contribution is 8.00. The predicted molar refractivity (Wildman–Crippen MR) is 77.2 cm³/mol. The second-order valence-corrected chi connectivity index (χ2v) is 6.43. The Morgan fingerprint density at radius 2 is 2.00 bits per heavy atom. The number of aliphatic carboxylic acids is 1. The smallest absolute Gasteiger partial charge is 0.327 e. The molecule has 0 aromatic heterocycles. The Morgan fingerprint density at radius 3 is 2.40 bits per heavy atom. The maximum absolute atomic E-state index is 12.6. The van der Waals surface area contributed by atoms with E-state index in [0.717, 1.165) is 0 Å². The molecule has 1 heterocycles. The quantitative estimate of drug-likeness (QED) is 0.788. The average Bonchev–Trinajstić information content (AvgIpc) is 2.78. The largest absolute Gasteiger partial charge is 0.480 e. The van der Waals surface area contributed by atoms with Crippen molar-refractivity contribution >= 4 is 29.5 Å². The standard InChI is InChI=1S/C13H22N2O4S/c1-5-10-15(9(6-20-10)13(18)19)12(17)11(7(2)3)14-8(4)16/h7,9-11H,5-6H2,1-4H3,(H,14,16)(H,18,19). The molecule has 3 atom stereocenters. The Labute approximate surface area is 123 Å². The molecule has 1 aliphatic rings. The number of hydrogen-bond donors (Lipinski definition) is 2. The van der Waals surface area contributed by atoms with Crippen LogP contribution in [0.5, 0.6) is 0 Å². The van der Waals surface area contributed by atoms with Crippen molar-refractivity contribution in [3.05, 3.63) is 0 Å². The molecular weight excluding hydrogens is 280 g/mol. The van der Waals surface area contributed by atoms with Gasteiger partial charge < -0.3 is 15.3 Å². The van der Waals surface area contributed by atoms with E-state index in [1.165, 1.54) is 23.6 Å². The number of carbonyl (C=O) groups excluding carboxylic acids is 2. The SMILES string of the molecule is CCC1SCC(C(=O)O)N1C(=O)C(NC(C)=O)C(C)C. The van der Waals surface area contributed by atoms with Gasteiger partial charge in [0.15, 0.2) is 0 Å². The fraction of sp³-hybridized carbons (Fsp3) is 0.769. The van der Waals surface area contributed by atoms with E-state index >= 15 is 0 Å². The van der Waals surface area contributed by atoms with Crippen molar-refractivity contribution in [1.29, 1.82) is 0 Å². The van der Waals surface area contributed by atoms with Crippen molar-refractivity contribution in [1.82, 2.24) is 10.2 Å².